The van der Waals surface area contributed by atoms with E-state index < -0.39 is 10.0 Å². The zero-order valence-electron chi connectivity index (χ0n) is 15.3. The quantitative estimate of drug-likeness (QED) is 0.610. The summed E-state index contributed by atoms with van der Waals surface area (Å²) in [6.07, 6.45) is 0.973. The first kappa shape index (κ1) is 19.9. The van der Waals surface area contributed by atoms with Crippen LogP contribution in [-0.2, 0) is 10.0 Å². The number of aromatic nitrogens is 2. The molecule has 2 rings (SSSR count). The predicted octanol–water partition coefficient (Wildman–Crippen LogP) is 2.04. The van der Waals surface area contributed by atoms with Crippen molar-refractivity contribution in [2.75, 3.05) is 43.8 Å². The van der Waals surface area contributed by atoms with E-state index in [-0.39, 0.29) is 10.7 Å². The Morgan fingerprint density at radius 1 is 1.04 bits per heavy atom. The highest BCUT2D eigenvalue weighted by Crippen LogP contribution is 2.18. The van der Waals surface area contributed by atoms with Gasteiger partial charge < -0.3 is 15.0 Å². The molecule has 2 N–H and O–H groups in total. The van der Waals surface area contributed by atoms with Gasteiger partial charge in [-0.25, -0.2) is 8.42 Å². The summed E-state index contributed by atoms with van der Waals surface area (Å²) in [5, 5.41) is 11.1. The highest BCUT2D eigenvalue weighted by Gasteiger charge is 2.15. The molecule has 1 heterocycles. The number of sulfonamides is 1. The van der Waals surface area contributed by atoms with E-state index in [1.807, 2.05) is 21.0 Å². The molecule has 0 aliphatic rings. The lowest BCUT2D eigenvalue weighted by molar-refractivity contribution is 0.340. The fourth-order valence-corrected chi connectivity index (χ4v) is 3.17. The van der Waals surface area contributed by atoms with Crippen molar-refractivity contribution in [3.63, 3.8) is 0 Å². The fraction of sp³-hybridized carbons (Fsp3) is 0.412. The topological polar surface area (TPSA) is 96.5 Å². The second-order valence-electron chi connectivity index (χ2n) is 5.90. The molecular weight excluding hydrogens is 354 g/mol. The van der Waals surface area contributed by atoms with Crippen molar-refractivity contribution in [3.05, 3.63) is 36.4 Å². The molecule has 0 aliphatic carbocycles. The van der Waals surface area contributed by atoms with E-state index in [2.05, 4.69) is 25.1 Å². The number of anilines is 2. The molecule has 0 spiro atoms. The van der Waals surface area contributed by atoms with Crippen molar-refractivity contribution >= 4 is 21.7 Å². The van der Waals surface area contributed by atoms with Gasteiger partial charge in [0.15, 0.2) is 5.82 Å². The summed E-state index contributed by atoms with van der Waals surface area (Å²) in [6.45, 7) is 4.13. The number of nitrogens with zero attached hydrogens (tertiary/aromatic N) is 3. The standard InChI is InChI=1S/C17H25N5O3S/c1-4-25-14-6-8-15(9-7-14)26(23,24)21-17-11-10-16(19-20-17)18-12-5-13-22(2)3/h6-11H,4-5,12-13H2,1-3H3,(H,18,19)(H,20,21). The molecule has 0 saturated heterocycles. The molecule has 1 aromatic heterocycles. The second-order valence-corrected chi connectivity index (χ2v) is 7.58. The van der Waals surface area contributed by atoms with Gasteiger partial charge in [0.25, 0.3) is 10.0 Å². The van der Waals surface area contributed by atoms with Crippen molar-refractivity contribution in [2.45, 2.75) is 18.2 Å². The van der Waals surface area contributed by atoms with Crippen LogP contribution in [0.15, 0.2) is 41.3 Å². The minimum atomic E-state index is -3.72. The molecular formula is C17H25N5O3S. The van der Waals surface area contributed by atoms with Crippen molar-refractivity contribution in [2.24, 2.45) is 0 Å². The monoisotopic (exact) mass is 379 g/mol. The summed E-state index contributed by atoms with van der Waals surface area (Å²) in [4.78, 5) is 2.24. The first-order valence-corrected chi connectivity index (χ1v) is 9.87. The number of hydrogen-bond donors (Lipinski definition) is 2. The van der Waals surface area contributed by atoms with E-state index in [1.165, 1.54) is 12.1 Å². The van der Waals surface area contributed by atoms with Crippen LogP contribution in [0.5, 0.6) is 5.75 Å². The minimum Gasteiger partial charge on any atom is -0.494 e. The minimum absolute atomic E-state index is 0.133. The summed E-state index contributed by atoms with van der Waals surface area (Å²) in [7, 11) is 0.316. The largest absolute Gasteiger partial charge is 0.494 e. The van der Waals surface area contributed by atoms with E-state index in [9.17, 15) is 8.42 Å². The van der Waals surface area contributed by atoms with Gasteiger partial charge in [-0.2, -0.15) is 0 Å². The Hall–Kier alpha value is -2.39. The summed E-state index contributed by atoms with van der Waals surface area (Å²) in [5.74, 6) is 1.39. The Morgan fingerprint density at radius 2 is 1.69 bits per heavy atom. The average molecular weight is 379 g/mol. The maximum atomic E-state index is 12.4. The molecule has 0 unspecified atom stereocenters. The normalized spacial score (nSPS) is 11.4. The third kappa shape index (κ3) is 6.16. The van der Waals surface area contributed by atoms with Crippen LogP contribution in [0.25, 0.3) is 0 Å². The van der Waals surface area contributed by atoms with Gasteiger partial charge in [0, 0.05) is 6.54 Å². The smallest absolute Gasteiger partial charge is 0.263 e. The molecule has 0 radical (unpaired) electrons. The van der Waals surface area contributed by atoms with E-state index in [0.717, 1.165) is 19.5 Å². The van der Waals surface area contributed by atoms with Crippen LogP contribution in [-0.4, -0.2) is 57.3 Å². The van der Waals surface area contributed by atoms with E-state index in [0.29, 0.717) is 18.2 Å². The van der Waals surface area contributed by atoms with Crippen LogP contribution in [0.4, 0.5) is 11.6 Å². The van der Waals surface area contributed by atoms with Crippen LogP contribution < -0.4 is 14.8 Å². The molecule has 9 heteroatoms. The summed E-state index contributed by atoms with van der Waals surface area (Å²) < 4.78 is 32.5. The molecule has 1 aromatic carbocycles. The summed E-state index contributed by atoms with van der Waals surface area (Å²) >= 11 is 0. The number of benzene rings is 1. The van der Waals surface area contributed by atoms with E-state index in [1.54, 1.807) is 24.3 Å². The van der Waals surface area contributed by atoms with Crippen LogP contribution in [0.1, 0.15) is 13.3 Å². The second kappa shape index (κ2) is 9.35. The summed E-state index contributed by atoms with van der Waals surface area (Å²) in [6, 6.07) is 9.48. The van der Waals surface area contributed by atoms with Gasteiger partial charge in [-0.1, -0.05) is 0 Å². The Morgan fingerprint density at radius 3 is 2.27 bits per heavy atom. The molecule has 0 bridgehead atoms. The Labute approximate surface area is 154 Å². The molecule has 2 aromatic rings. The number of hydrogen-bond acceptors (Lipinski definition) is 7. The molecule has 26 heavy (non-hydrogen) atoms. The molecule has 0 fully saturated rings. The lowest BCUT2D eigenvalue weighted by Gasteiger charge is -2.10. The first-order valence-electron chi connectivity index (χ1n) is 8.38. The third-order valence-corrected chi connectivity index (χ3v) is 4.81. The number of rotatable bonds is 10. The van der Waals surface area contributed by atoms with Crippen molar-refractivity contribution in [1.29, 1.82) is 0 Å². The Kier molecular flexibility index (Phi) is 7.16. The zero-order chi connectivity index (χ0) is 19.0. The zero-order valence-corrected chi connectivity index (χ0v) is 16.1. The molecule has 0 aliphatic heterocycles. The number of ether oxygens (including phenoxy) is 1. The molecule has 0 saturated carbocycles. The van der Waals surface area contributed by atoms with Crippen molar-refractivity contribution < 1.29 is 13.2 Å². The Balaban J connectivity index is 1.94. The molecule has 0 atom stereocenters. The van der Waals surface area contributed by atoms with Crippen LogP contribution >= 0.6 is 0 Å². The predicted molar refractivity (Wildman–Crippen MR) is 102 cm³/mol. The van der Waals surface area contributed by atoms with Gasteiger partial charge in [-0.15, -0.1) is 10.2 Å². The lowest BCUT2D eigenvalue weighted by atomic mass is 10.3. The van der Waals surface area contributed by atoms with Gasteiger partial charge in [-0.05, 0) is 70.4 Å². The van der Waals surface area contributed by atoms with Gasteiger partial charge in [0.1, 0.15) is 11.6 Å². The van der Waals surface area contributed by atoms with Crippen LogP contribution in [0.2, 0.25) is 0 Å². The lowest BCUT2D eigenvalue weighted by Crippen LogP contribution is -2.17. The molecule has 0 amide bonds. The highest BCUT2D eigenvalue weighted by molar-refractivity contribution is 7.92. The third-order valence-electron chi connectivity index (χ3n) is 3.44. The van der Waals surface area contributed by atoms with Gasteiger partial charge >= 0.3 is 0 Å². The van der Waals surface area contributed by atoms with Crippen LogP contribution in [0.3, 0.4) is 0 Å². The highest BCUT2D eigenvalue weighted by atomic mass is 32.2. The average Bonchev–Trinajstić information content (AvgIpc) is 2.60. The fourth-order valence-electron chi connectivity index (χ4n) is 2.17. The van der Waals surface area contributed by atoms with Crippen molar-refractivity contribution in [3.8, 4) is 5.75 Å². The summed E-state index contributed by atoms with van der Waals surface area (Å²) in [5.41, 5.74) is 0. The van der Waals surface area contributed by atoms with Gasteiger partial charge in [0.2, 0.25) is 0 Å². The Bertz CT molecular complexity index is 777. The molecule has 8 nitrogen and oxygen atoms in total. The van der Waals surface area contributed by atoms with Gasteiger partial charge in [-0.3, -0.25) is 4.72 Å². The van der Waals surface area contributed by atoms with Gasteiger partial charge in [0.05, 0.1) is 11.5 Å². The maximum Gasteiger partial charge on any atom is 0.263 e. The number of nitrogens with one attached hydrogen (secondary N) is 2. The molecule has 142 valence electrons. The first-order chi connectivity index (χ1) is 12.4. The van der Waals surface area contributed by atoms with E-state index in [4.69, 9.17) is 4.74 Å². The van der Waals surface area contributed by atoms with Crippen molar-refractivity contribution in [1.82, 2.24) is 15.1 Å². The van der Waals surface area contributed by atoms with E-state index >= 15 is 0 Å². The van der Waals surface area contributed by atoms with Crippen LogP contribution in [0, 0.1) is 0 Å². The SMILES string of the molecule is CCOc1ccc(S(=O)(=O)Nc2ccc(NCCCN(C)C)nn2)cc1. The maximum absolute atomic E-state index is 12.4.